The van der Waals surface area contributed by atoms with E-state index in [2.05, 4.69) is 21.0 Å². The second kappa shape index (κ2) is 9.00. The fraction of sp³-hybridized carbons (Fsp3) is 0.0870. The Morgan fingerprint density at radius 3 is 2.26 bits per heavy atom. The lowest BCUT2D eigenvalue weighted by Gasteiger charge is -2.09. The minimum absolute atomic E-state index is 0.222. The summed E-state index contributed by atoms with van der Waals surface area (Å²) in [5.74, 6) is 0.446. The van der Waals surface area contributed by atoms with Crippen LogP contribution in [-0.2, 0) is 6.54 Å². The van der Waals surface area contributed by atoms with Gasteiger partial charge in [-0.15, -0.1) is 0 Å². The Kier molecular flexibility index (Phi) is 5.79. The van der Waals surface area contributed by atoms with E-state index in [-0.39, 0.29) is 11.9 Å². The van der Waals surface area contributed by atoms with Gasteiger partial charge in [0.15, 0.2) is 0 Å². The molecule has 2 heterocycles. The molecule has 0 saturated carbocycles. The summed E-state index contributed by atoms with van der Waals surface area (Å²) in [4.78, 5) is 24.5. The van der Waals surface area contributed by atoms with E-state index < -0.39 is 0 Å². The van der Waals surface area contributed by atoms with Gasteiger partial charge in [0, 0.05) is 28.8 Å². The van der Waals surface area contributed by atoms with Crippen LogP contribution < -0.4 is 16.0 Å². The fourth-order valence-electron chi connectivity index (χ4n) is 2.99. The second-order valence-corrected chi connectivity index (χ2v) is 6.85. The van der Waals surface area contributed by atoms with Crippen molar-refractivity contribution in [2.75, 3.05) is 10.6 Å². The third-order valence-electron chi connectivity index (χ3n) is 4.61. The maximum absolute atomic E-state index is 12.5. The molecule has 0 aliphatic heterocycles. The van der Waals surface area contributed by atoms with Crippen molar-refractivity contribution < 1.29 is 14.0 Å². The lowest BCUT2D eigenvalue weighted by atomic mass is 10.2. The first-order valence-electron chi connectivity index (χ1n) is 9.68. The van der Waals surface area contributed by atoms with E-state index in [1.165, 1.54) is 0 Å². The first-order valence-corrected chi connectivity index (χ1v) is 9.68. The SMILES string of the molecule is Cc1ccnn1-c1ccc(C(=O)Nc2ccc(NC(=O)NCc3ccco3)cc2)cc1. The number of aryl methyl sites for hydroxylation is 1. The van der Waals surface area contributed by atoms with E-state index in [4.69, 9.17) is 4.42 Å². The van der Waals surface area contributed by atoms with Crippen LogP contribution in [0.25, 0.3) is 5.69 Å². The van der Waals surface area contributed by atoms with Crippen molar-refractivity contribution in [2.45, 2.75) is 13.5 Å². The van der Waals surface area contributed by atoms with Crippen molar-refractivity contribution in [2.24, 2.45) is 0 Å². The summed E-state index contributed by atoms with van der Waals surface area (Å²) < 4.78 is 6.97. The average Bonchev–Trinajstić information content (AvgIpc) is 3.45. The molecule has 31 heavy (non-hydrogen) atoms. The van der Waals surface area contributed by atoms with Crippen LogP contribution in [0.4, 0.5) is 16.2 Å². The first-order chi connectivity index (χ1) is 15.1. The van der Waals surface area contributed by atoms with Crippen molar-refractivity contribution in [1.82, 2.24) is 15.1 Å². The molecule has 0 unspecified atom stereocenters. The lowest BCUT2D eigenvalue weighted by molar-refractivity contribution is 0.102. The highest BCUT2D eigenvalue weighted by molar-refractivity contribution is 6.04. The number of hydrogen-bond donors (Lipinski definition) is 3. The van der Waals surface area contributed by atoms with Crippen LogP contribution in [0.5, 0.6) is 0 Å². The van der Waals surface area contributed by atoms with E-state index in [1.807, 2.05) is 25.1 Å². The summed E-state index contributed by atoms with van der Waals surface area (Å²) in [7, 11) is 0. The molecule has 2 aromatic heterocycles. The number of aromatic nitrogens is 2. The molecule has 3 N–H and O–H groups in total. The van der Waals surface area contributed by atoms with Gasteiger partial charge in [-0.05, 0) is 73.7 Å². The molecule has 0 atom stereocenters. The van der Waals surface area contributed by atoms with Crippen LogP contribution in [0.2, 0.25) is 0 Å². The van der Waals surface area contributed by atoms with Gasteiger partial charge in [-0.3, -0.25) is 4.79 Å². The van der Waals surface area contributed by atoms with Gasteiger partial charge in [0.2, 0.25) is 0 Å². The summed E-state index contributed by atoms with van der Waals surface area (Å²) in [5, 5.41) is 12.5. The van der Waals surface area contributed by atoms with Crippen molar-refractivity contribution >= 4 is 23.3 Å². The summed E-state index contributed by atoms with van der Waals surface area (Å²) in [6.07, 6.45) is 3.29. The van der Waals surface area contributed by atoms with Gasteiger partial charge in [0.05, 0.1) is 18.5 Å². The molecule has 156 valence electrons. The predicted octanol–water partition coefficient (Wildman–Crippen LogP) is 4.35. The van der Waals surface area contributed by atoms with Gasteiger partial charge in [-0.2, -0.15) is 5.10 Å². The highest BCUT2D eigenvalue weighted by atomic mass is 16.3. The molecule has 4 aromatic rings. The quantitative estimate of drug-likeness (QED) is 0.436. The molecule has 0 bridgehead atoms. The Morgan fingerprint density at radius 2 is 1.65 bits per heavy atom. The molecule has 0 aliphatic rings. The van der Waals surface area contributed by atoms with E-state index >= 15 is 0 Å². The van der Waals surface area contributed by atoms with Gasteiger partial charge in [0.1, 0.15) is 5.76 Å². The second-order valence-electron chi connectivity index (χ2n) is 6.85. The number of benzene rings is 2. The molecule has 3 amide bonds. The number of amides is 3. The Labute approximate surface area is 178 Å². The third kappa shape index (κ3) is 4.99. The highest BCUT2D eigenvalue weighted by Gasteiger charge is 2.08. The normalized spacial score (nSPS) is 10.5. The third-order valence-corrected chi connectivity index (χ3v) is 4.61. The molecular weight excluding hydrogens is 394 g/mol. The van der Waals surface area contributed by atoms with Gasteiger partial charge in [-0.25, -0.2) is 9.48 Å². The molecule has 0 saturated heterocycles. The first kappa shape index (κ1) is 20.0. The maximum atomic E-state index is 12.5. The van der Waals surface area contributed by atoms with Gasteiger partial charge in [-0.1, -0.05) is 0 Å². The van der Waals surface area contributed by atoms with Crippen LogP contribution in [0, 0.1) is 6.92 Å². The number of nitrogens with one attached hydrogen (secondary N) is 3. The average molecular weight is 415 g/mol. The Bertz CT molecular complexity index is 1160. The van der Waals surface area contributed by atoms with Crippen molar-refractivity contribution in [3.05, 3.63) is 96.2 Å². The maximum Gasteiger partial charge on any atom is 0.319 e. The highest BCUT2D eigenvalue weighted by Crippen LogP contribution is 2.16. The molecular formula is C23H21N5O3. The molecule has 8 heteroatoms. The lowest BCUT2D eigenvalue weighted by Crippen LogP contribution is -2.27. The largest absolute Gasteiger partial charge is 0.467 e. The minimum atomic E-state index is -0.347. The van der Waals surface area contributed by atoms with Crippen LogP contribution in [0.1, 0.15) is 21.8 Å². The number of carbonyl (C=O) groups is 2. The number of nitrogens with zero attached hydrogens (tertiary/aromatic N) is 2. The number of hydrogen-bond acceptors (Lipinski definition) is 4. The molecule has 2 aromatic carbocycles. The zero-order valence-electron chi connectivity index (χ0n) is 16.8. The minimum Gasteiger partial charge on any atom is -0.467 e. The Morgan fingerprint density at radius 1 is 0.935 bits per heavy atom. The van der Waals surface area contributed by atoms with Crippen molar-refractivity contribution in [3.8, 4) is 5.69 Å². The van der Waals surface area contributed by atoms with E-state index in [9.17, 15) is 9.59 Å². The summed E-state index contributed by atoms with van der Waals surface area (Å²) in [5.41, 5.74) is 3.67. The zero-order valence-corrected chi connectivity index (χ0v) is 16.8. The van der Waals surface area contributed by atoms with Crippen LogP contribution in [0.3, 0.4) is 0 Å². The van der Waals surface area contributed by atoms with E-state index in [0.29, 0.717) is 29.2 Å². The monoisotopic (exact) mass is 415 g/mol. The predicted molar refractivity (Wildman–Crippen MR) is 117 cm³/mol. The molecule has 4 rings (SSSR count). The van der Waals surface area contributed by atoms with Crippen LogP contribution in [-0.4, -0.2) is 21.7 Å². The van der Waals surface area contributed by atoms with Gasteiger partial charge >= 0.3 is 6.03 Å². The number of anilines is 2. The molecule has 8 nitrogen and oxygen atoms in total. The topological polar surface area (TPSA) is 101 Å². The Balaban J connectivity index is 1.31. The van der Waals surface area contributed by atoms with E-state index in [1.54, 1.807) is 65.7 Å². The molecule has 0 fully saturated rings. The summed E-state index contributed by atoms with van der Waals surface area (Å²) >= 11 is 0. The fourth-order valence-corrected chi connectivity index (χ4v) is 2.99. The number of urea groups is 1. The van der Waals surface area contributed by atoms with Gasteiger partial charge < -0.3 is 20.4 Å². The number of carbonyl (C=O) groups excluding carboxylic acids is 2. The smallest absolute Gasteiger partial charge is 0.319 e. The summed E-state index contributed by atoms with van der Waals surface area (Å²) in [6.45, 7) is 2.26. The van der Waals surface area contributed by atoms with Gasteiger partial charge in [0.25, 0.3) is 5.91 Å². The van der Waals surface area contributed by atoms with Crippen molar-refractivity contribution in [1.29, 1.82) is 0 Å². The van der Waals surface area contributed by atoms with Crippen molar-refractivity contribution in [3.63, 3.8) is 0 Å². The van der Waals surface area contributed by atoms with Crippen LogP contribution in [0.15, 0.2) is 83.6 Å². The van der Waals surface area contributed by atoms with E-state index in [0.717, 1.165) is 11.4 Å². The standard InChI is InChI=1S/C23H21N5O3/c1-16-12-13-25-28(16)20-10-4-17(5-11-20)22(29)26-18-6-8-19(9-7-18)27-23(30)24-15-21-3-2-14-31-21/h2-14H,15H2,1H3,(H,26,29)(H2,24,27,30). The molecule has 0 spiro atoms. The Hall–Kier alpha value is -4.33. The molecule has 0 aliphatic carbocycles. The number of rotatable bonds is 6. The number of furan rings is 1. The molecule has 0 radical (unpaired) electrons. The summed E-state index contributed by atoms with van der Waals surface area (Å²) in [6, 6.07) is 19.2. The van der Waals surface area contributed by atoms with Crippen LogP contribution >= 0.6 is 0 Å². The zero-order chi connectivity index (χ0) is 21.6.